The number of rotatable bonds is 4. The minimum Gasteiger partial charge on any atom is -0.395 e. The topological polar surface area (TPSA) is 121 Å². The minimum absolute atomic E-state index is 0.108. The van der Waals surface area contributed by atoms with Crippen molar-refractivity contribution in [3.05, 3.63) is 28.1 Å². The van der Waals surface area contributed by atoms with Gasteiger partial charge in [-0.05, 0) is 12.6 Å². The standard InChI is InChI=1S/C8H8N4O4/c9-4-3-6-10-8(16-11-6)5-1-2-7(15-5)12(13)14/h1-2H,3-4,9H2. The highest BCUT2D eigenvalue weighted by Gasteiger charge is 2.17. The maximum atomic E-state index is 10.4. The van der Waals surface area contributed by atoms with E-state index in [1.165, 1.54) is 12.1 Å². The van der Waals surface area contributed by atoms with Gasteiger partial charge in [0.1, 0.15) is 4.92 Å². The van der Waals surface area contributed by atoms with Crippen molar-refractivity contribution in [1.29, 1.82) is 0 Å². The van der Waals surface area contributed by atoms with Crippen molar-refractivity contribution in [3.63, 3.8) is 0 Å². The number of aromatic nitrogens is 2. The smallest absolute Gasteiger partial charge is 0.395 e. The van der Waals surface area contributed by atoms with Crippen LogP contribution in [0.4, 0.5) is 5.88 Å². The van der Waals surface area contributed by atoms with E-state index in [4.69, 9.17) is 14.7 Å². The van der Waals surface area contributed by atoms with Crippen LogP contribution >= 0.6 is 0 Å². The van der Waals surface area contributed by atoms with E-state index in [0.29, 0.717) is 18.8 Å². The third kappa shape index (κ3) is 1.91. The number of nitro groups is 1. The Bertz CT molecular complexity index is 504. The minimum atomic E-state index is -0.638. The zero-order valence-electron chi connectivity index (χ0n) is 8.12. The lowest BCUT2D eigenvalue weighted by Crippen LogP contribution is -2.03. The van der Waals surface area contributed by atoms with Gasteiger partial charge in [-0.25, -0.2) is 0 Å². The predicted octanol–water partition coefficient (Wildman–Crippen LogP) is 0.739. The van der Waals surface area contributed by atoms with E-state index in [2.05, 4.69) is 10.1 Å². The van der Waals surface area contributed by atoms with Gasteiger partial charge in [-0.15, -0.1) is 0 Å². The molecule has 2 aromatic rings. The molecule has 0 saturated heterocycles. The molecule has 0 fully saturated rings. The normalized spacial score (nSPS) is 10.6. The maximum absolute atomic E-state index is 10.4. The molecule has 0 aliphatic heterocycles. The van der Waals surface area contributed by atoms with Crippen molar-refractivity contribution in [2.45, 2.75) is 6.42 Å². The fourth-order valence-corrected chi connectivity index (χ4v) is 1.13. The van der Waals surface area contributed by atoms with Crippen molar-refractivity contribution >= 4 is 5.88 Å². The highest BCUT2D eigenvalue weighted by molar-refractivity contribution is 5.46. The lowest BCUT2D eigenvalue weighted by molar-refractivity contribution is -0.401. The second-order valence-corrected chi connectivity index (χ2v) is 2.95. The summed E-state index contributed by atoms with van der Waals surface area (Å²) in [6.07, 6.45) is 0.478. The first-order valence-electron chi connectivity index (χ1n) is 4.48. The van der Waals surface area contributed by atoms with Crippen LogP contribution in [-0.2, 0) is 6.42 Å². The monoisotopic (exact) mass is 224 g/mol. The van der Waals surface area contributed by atoms with Crippen LogP contribution in [-0.4, -0.2) is 21.6 Å². The average Bonchev–Trinajstić information content (AvgIpc) is 2.84. The molecule has 2 aromatic heterocycles. The van der Waals surface area contributed by atoms with Crippen LogP contribution in [0.25, 0.3) is 11.7 Å². The lowest BCUT2D eigenvalue weighted by atomic mass is 10.4. The number of nitrogens with zero attached hydrogens (tertiary/aromatic N) is 3. The molecule has 8 nitrogen and oxygen atoms in total. The highest BCUT2D eigenvalue weighted by Crippen LogP contribution is 2.24. The van der Waals surface area contributed by atoms with Crippen molar-refractivity contribution in [2.24, 2.45) is 5.73 Å². The molecular weight excluding hydrogens is 216 g/mol. The second kappa shape index (κ2) is 4.11. The molecule has 0 spiro atoms. The molecule has 0 atom stereocenters. The zero-order chi connectivity index (χ0) is 11.5. The van der Waals surface area contributed by atoms with E-state index in [-0.39, 0.29) is 17.5 Å². The third-order valence-electron chi connectivity index (χ3n) is 1.82. The van der Waals surface area contributed by atoms with Crippen molar-refractivity contribution in [1.82, 2.24) is 10.1 Å². The van der Waals surface area contributed by atoms with E-state index < -0.39 is 4.92 Å². The first kappa shape index (κ1) is 10.3. The number of nitrogens with two attached hydrogens (primary N) is 1. The van der Waals surface area contributed by atoms with Crippen LogP contribution in [0.5, 0.6) is 0 Å². The molecule has 0 aliphatic rings. The predicted molar refractivity (Wildman–Crippen MR) is 51.4 cm³/mol. The fourth-order valence-electron chi connectivity index (χ4n) is 1.13. The Hall–Kier alpha value is -2.22. The number of furan rings is 1. The van der Waals surface area contributed by atoms with Crippen LogP contribution in [0.15, 0.2) is 21.1 Å². The van der Waals surface area contributed by atoms with E-state index in [9.17, 15) is 10.1 Å². The molecular formula is C8H8N4O4. The molecule has 0 aromatic carbocycles. The molecule has 2 N–H and O–H groups in total. The fraction of sp³-hybridized carbons (Fsp3) is 0.250. The summed E-state index contributed by atoms with van der Waals surface area (Å²) >= 11 is 0. The van der Waals surface area contributed by atoms with Gasteiger partial charge in [0.15, 0.2) is 11.6 Å². The quantitative estimate of drug-likeness (QED) is 0.600. The van der Waals surface area contributed by atoms with Gasteiger partial charge in [-0.2, -0.15) is 4.98 Å². The zero-order valence-corrected chi connectivity index (χ0v) is 8.12. The van der Waals surface area contributed by atoms with Gasteiger partial charge in [0.05, 0.1) is 6.07 Å². The van der Waals surface area contributed by atoms with Gasteiger partial charge < -0.3 is 14.7 Å². The molecule has 0 amide bonds. The maximum Gasteiger partial charge on any atom is 0.433 e. The summed E-state index contributed by atoms with van der Waals surface area (Å²) in [4.78, 5) is 13.7. The molecule has 0 saturated carbocycles. The Morgan fingerprint density at radius 3 is 2.94 bits per heavy atom. The summed E-state index contributed by atoms with van der Waals surface area (Å²) in [6.45, 7) is 0.400. The lowest BCUT2D eigenvalue weighted by Gasteiger charge is -1.85. The van der Waals surface area contributed by atoms with Gasteiger partial charge in [-0.3, -0.25) is 10.1 Å². The van der Waals surface area contributed by atoms with Gasteiger partial charge >= 0.3 is 5.88 Å². The Morgan fingerprint density at radius 1 is 1.50 bits per heavy atom. The van der Waals surface area contributed by atoms with Crippen LogP contribution < -0.4 is 5.73 Å². The molecule has 0 aliphatic carbocycles. The summed E-state index contributed by atoms with van der Waals surface area (Å²) in [6, 6.07) is 2.63. The average molecular weight is 224 g/mol. The van der Waals surface area contributed by atoms with E-state index >= 15 is 0 Å². The highest BCUT2D eigenvalue weighted by atomic mass is 16.6. The molecule has 0 radical (unpaired) electrons. The summed E-state index contributed by atoms with van der Waals surface area (Å²) in [5.74, 6) is 0.351. The second-order valence-electron chi connectivity index (χ2n) is 2.95. The summed E-state index contributed by atoms with van der Waals surface area (Å²) < 4.78 is 9.76. The van der Waals surface area contributed by atoms with Gasteiger partial charge in [0, 0.05) is 6.42 Å². The molecule has 16 heavy (non-hydrogen) atoms. The van der Waals surface area contributed by atoms with E-state index in [1.807, 2.05) is 0 Å². The number of hydrogen-bond donors (Lipinski definition) is 1. The van der Waals surface area contributed by atoms with Crippen LogP contribution in [0.2, 0.25) is 0 Å². The van der Waals surface area contributed by atoms with E-state index in [0.717, 1.165) is 0 Å². The van der Waals surface area contributed by atoms with Crippen LogP contribution in [0.1, 0.15) is 5.82 Å². The Balaban J connectivity index is 2.24. The first-order chi connectivity index (χ1) is 7.70. The van der Waals surface area contributed by atoms with Crippen molar-refractivity contribution < 1.29 is 13.9 Å². The van der Waals surface area contributed by atoms with Crippen LogP contribution in [0.3, 0.4) is 0 Å². The summed E-state index contributed by atoms with van der Waals surface area (Å²) in [5, 5.41) is 14.0. The van der Waals surface area contributed by atoms with Crippen molar-refractivity contribution in [2.75, 3.05) is 6.54 Å². The summed E-state index contributed by atoms with van der Waals surface area (Å²) in [7, 11) is 0. The molecule has 84 valence electrons. The molecule has 8 heteroatoms. The van der Waals surface area contributed by atoms with Gasteiger partial charge in [0.2, 0.25) is 0 Å². The number of hydrogen-bond acceptors (Lipinski definition) is 7. The SMILES string of the molecule is NCCc1noc(-c2ccc([N+](=O)[O-])o2)n1. The third-order valence-corrected chi connectivity index (χ3v) is 1.82. The Labute approximate surface area is 89.2 Å². The first-order valence-corrected chi connectivity index (χ1v) is 4.48. The molecule has 0 unspecified atom stereocenters. The van der Waals surface area contributed by atoms with Crippen molar-refractivity contribution in [3.8, 4) is 11.7 Å². The molecule has 2 heterocycles. The summed E-state index contributed by atoms with van der Waals surface area (Å²) in [5.41, 5.74) is 5.32. The van der Waals surface area contributed by atoms with Crippen LogP contribution in [0, 0.1) is 10.1 Å². The van der Waals surface area contributed by atoms with Gasteiger partial charge in [-0.1, -0.05) is 5.16 Å². The molecule has 2 rings (SSSR count). The Morgan fingerprint density at radius 2 is 2.31 bits per heavy atom. The Kier molecular flexibility index (Phi) is 2.64. The molecule has 0 bridgehead atoms. The van der Waals surface area contributed by atoms with E-state index in [1.54, 1.807) is 0 Å². The van der Waals surface area contributed by atoms with Gasteiger partial charge in [0.25, 0.3) is 5.89 Å². The largest absolute Gasteiger partial charge is 0.433 e.